The summed E-state index contributed by atoms with van der Waals surface area (Å²) in [6.07, 6.45) is 2.76. The highest BCUT2D eigenvalue weighted by atomic mass is 32.2. The summed E-state index contributed by atoms with van der Waals surface area (Å²) in [7, 11) is -3.61. The van der Waals surface area contributed by atoms with Crippen molar-refractivity contribution in [2.45, 2.75) is 56.3 Å². The lowest BCUT2D eigenvalue weighted by Gasteiger charge is -2.26. The maximum atomic E-state index is 13.2. The van der Waals surface area contributed by atoms with E-state index in [0.29, 0.717) is 30.9 Å². The van der Waals surface area contributed by atoms with Crippen LogP contribution in [0.25, 0.3) is 0 Å². The van der Waals surface area contributed by atoms with Crippen molar-refractivity contribution < 1.29 is 18.0 Å². The highest BCUT2D eigenvalue weighted by Gasteiger charge is 2.45. The zero-order valence-corrected chi connectivity index (χ0v) is 20.9. The molecule has 2 amide bonds. The fourth-order valence-corrected chi connectivity index (χ4v) is 6.29. The van der Waals surface area contributed by atoms with E-state index in [1.54, 1.807) is 32.0 Å². The molecule has 0 radical (unpaired) electrons. The van der Waals surface area contributed by atoms with Crippen molar-refractivity contribution in [1.29, 1.82) is 0 Å². The molecule has 182 valence electrons. The molecule has 0 aliphatic carbocycles. The van der Waals surface area contributed by atoms with Gasteiger partial charge >= 0.3 is 0 Å². The van der Waals surface area contributed by atoms with Crippen LogP contribution < -0.4 is 10.2 Å². The van der Waals surface area contributed by atoms with Crippen LogP contribution in [0.15, 0.2) is 53.4 Å². The molecule has 0 saturated carbocycles. The fourth-order valence-electron chi connectivity index (χ4n) is 4.75. The van der Waals surface area contributed by atoms with Crippen LogP contribution in [0.2, 0.25) is 0 Å². The van der Waals surface area contributed by atoms with Crippen molar-refractivity contribution in [2.24, 2.45) is 0 Å². The number of sulfonamides is 1. The number of hydrogen-bond donors (Lipinski definition) is 1. The van der Waals surface area contributed by atoms with Gasteiger partial charge in [0, 0.05) is 25.3 Å². The van der Waals surface area contributed by atoms with Gasteiger partial charge in [-0.1, -0.05) is 43.7 Å². The first-order valence-electron chi connectivity index (χ1n) is 11.9. The van der Waals surface area contributed by atoms with Gasteiger partial charge < -0.3 is 10.2 Å². The van der Waals surface area contributed by atoms with Gasteiger partial charge in [0.15, 0.2) is 0 Å². The summed E-state index contributed by atoms with van der Waals surface area (Å²) in [4.78, 5) is 27.6. The first kappa shape index (κ1) is 24.4. The molecule has 1 atom stereocenters. The maximum absolute atomic E-state index is 13.2. The molecular weight excluding hydrogens is 450 g/mol. The van der Waals surface area contributed by atoms with E-state index in [2.05, 4.69) is 5.32 Å². The molecule has 7 nitrogen and oxygen atoms in total. The average molecular weight is 484 g/mol. The second kappa shape index (κ2) is 9.50. The summed E-state index contributed by atoms with van der Waals surface area (Å²) in [5.74, 6) is -0.309. The number of nitrogens with zero attached hydrogens (tertiary/aromatic N) is 2. The number of carbonyl (C=O) groups excluding carboxylic acids is 2. The Bertz CT molecular complexity index is 1170. The van der Waals surface area contributed by atoms with Gasteiger partial charge in [0.1, 0.15) is 6.54 Å². The van der Waals surface area contributed by atoms with Crippen LogP contribution in [0.3, 0.4) is 0 Å². The van der Waals surface area contributed by atoms with E-state index < -0.39 is 15.4 Å². The van der Waals surface area contributed by atoms with E-state index in [1.165, 1.54) is 9.21 Å². The standard InChI is InChI=1S/C26H33N3O4S/c1-19(20-10-6-4-7-11-20)17-27-24(30)18-29-23-13-12-21(16-22(23)26(2,3)25(29)31)34(32,33)28-14-8-5-9-15-28/h4,6-7,10-13,16,19H,5,8-9,14-15,17-18H2,1-3H3,(H,27,30)/t19-/m1/s1. The molecule has 4 rings (SSSR count). The Kier molecular flexibility index (Phi) is 6.82. The molecular formula is C26H33N3O4S. The van der Waals surface area contributed by atoms with Crippen LogP contribution in [0.5, 0.6) is 0 Å². The van der Waals surface area contributed by atoms with E-state index in [9.17, 15) is 18.0 Å². The van der Waals surface area contributed by atoms with Gasteiger partial charge in [0.25, 0.3) is 0 Å². The third-order valence-electron chi connectivity index (χ3n) is 6.94. The molecule has 8 heteroatoms. The zero-order chi connectivity index (χ0) is 24.5. The van der Waals surface area contributed by atoms with Crippen molar-refractivity contribution in [2.75, 3.05) is 31.1 Å². The smallest absolute Gasteiger partial charge is 0.243 e. The van der Waals surface area contributed by atoms with Crippen LogP contribution >= 0.6 is 0 Å². The average Bonchev–Trinajstić information content (AvgIpc) is 3.03. The topological polar surface area (TPSA) is 86.8 Å². The van der Waals surface area contributed by atoms with Crippen molar-refractivity contribution in [3.8, 4) is 0 Å². The number of fused-ring (bicyclic) bond motifs is 1. The van der Waals surface area contributed by atoms with Gasteiger partial charge in [-0.25, -0.2) is 8.42 Å². The van der Waals surface area contributed by atoms with Gasteiger partial charge in [-0.2, -0.15) is 4.31 Å². The molecule has 0 spiro atoms. The van der Waals surface area contributed by atoms with Gasteiger partial charge in [-0.05, 0) is 61.9 Å². The molecule has 2 heterocycles. The van der Waals surface area contributed by atoms with Crippen LogP contribution in [-0.4, -0.2) is 50.7 Å². The predicted octanol–water partition coefficient (Wildman–Crippen LogP) is 3.41. The largest absolute Gasteiger partial charge is 0.354 e. The Hall–Kier alpha value is -2.71. The van der Waals surface area contributed by atoms with E-state index in [1.807, 2.05) is 37.3 Å². The van der Waals surface area contributed by atoms with E-state index >= 15 is 0 Å². The summed E-state index contributed by atoms with van der Waals surface area (Å²) >= 11 is 0. The Morgan fingerprint density at radius 1 is 1.06 bits per heavy atom. The molecule has 0 unspecified atom stereocenters. The number of amides is 2. The van der Waals surface area contributed by atoms with Gasteiger partial charge in [0.05, 0.1) is 10.3 Å². The molecule has 0 aromatic heterocycles. The van der Waals surface area contributed by atoms with E-state index in [0.717, 1.165) is 24.8 Å². The quantitative estimate of drug-likeness (QED) is 0.654. The minimum atomic E-state index is -3.61. The second-order valence-electron chi connectivity index (χ2n) is 9.78. The molecule has 2 aromatic carbocycles. The number of nitrogens with one attached hydrogen (secondary N) is 1. The lowest BCUT2D eigenvalue weighted by Crippen LogP contribution is -2.43. The summed E-state index contributed by atoms with van der Waals surface area (Å²) in [5, 5.41) is 2.93. The molecule has 1 fully saturated rings. The fraction of sp³-hybridized carbons (Fsp3) is 0.462. The van der Waals surface area contributed by atoms with Crippen molar-refractivity contribution >= 4 is 27.5 Å². The molecule has 0 bridgehead atoms. The molecule has 1 saturated heterocycles. The summed E-state index contributed by atoms with van der Waals surface area (Å²) in [6, 6.07) is 14.8. The van der Waals surface area contributed by atoms with Crippen molar-refractivity contribution in [3.05, 3.63) is 59.7 Å². The minimum absolute atomic E-state index is 0.102. The number of hydrogen-bond acceptors (Lipinski definition) is 4. The maximum Gasteiger partial charge on any atom is 0.243 e. The summed E-state index contributed by atoms with van der Waals surface area (Å²) in [5.41, 5.74) is 1.45. The zero-order valence-electron chi connectivity index (χ0n) is 20.1. The number of benzene rings is 2. The lowest BCUT2D eigenvalue weighted by atomic mass is 9.86. The van der Waals surface area contributed by atoms with Crippen LogP contribution in [-0.2, 0) is 25.0 Å². The predicted molar refractivity (Wildman–Crippen MR) is 132 cm³/mol. The number of carbonyl (C=O) groups is 2. The second-order valence-corrected chi connectivity index (χ2v) is 11.7. The van der Waals surface area contributed by atoms with E-state index in [-0.39, 0.29) is 29.2 Å². The molecule has 1 N–H and O–H groups in total. The highest BCUT2D eigenvalue weighted by molar-refractivity contribution is 7.89. The van der Waals surface area contributed by atoms with E-state index in [4.69, 9.17) is 0 Å². The van der Waals surface area contributed by atoms with Crippen LogP contribution in [0.4, 0.5) is 5.69 Å². The highest BCUT2D eigenvalue weighted by Crippen LogP contribution is 2.42. The van der Waals surface area contributed by atoms with Gasteiger partial charge in [-0.15, -0.1) is 0 Å². The Labute approximate surface area is 202 Å². The molecule has 34 heavy (non-hydrogen) atoms. The third kappa shape index (κ3) is 4.61. The van der Waals surface area contributed by atoms with Gasteiger partial charge in [0.2, 0.25) is 21.8 Å². The molecule has 2 aliphatic rings. The SMILES string of the molecule is C[C@H](CNC(=O)CN1C(=O)C(C)(C)c2cc(S(=O)(=O)N3CCCCC3)ccc21)c1ccccc1. The minimum Gasteiger partial charge on any atom is -0.354 e. The molecule has 2 aliphatic heterocycles. The van der Waals surface area contributed by atoms with Crippen LogP contribution in [0.1, 0.15) is 57.1 Å². The number of rotatable bonds is 7. The van der Waals surface area contributed by atoms with Gasteiger partial charge in [-0.3, -0.25) is 9.59 Å². The Morgan fingerprint density at radius 2 is 1.74 bits per heavy atom. The Balaban J connectivity index is 1.50. The normalized spacial score (nSPS) is 19.0. The first-order chi connectivity index (χ1) is 16.1. The summed E-state index contributed by atoms with van der Waals surface area (Å²) < 4.78 is 27.9. The molecule has 2 aromatic rings. The number of anilines is 1. The van der Waals surface area contributed by atoms with Crippen molar-refractivity contribution in [1.82, 2.24) is 9.62 Å². The van der Waals surface area contributed by atoms with Crippen molar-refractivity contribution in [3.63, 3.8) is 0 Å². The first-order valence-corrected chi connectivity index (χ1v) is 13.3. The monoisotopic (exact) mass is 483 g/mol. The number of piperidine rings is 1. The lowest BCUT2D eigenvalue weighted by molar-refractivity contribution is -0.125. The third-order valence-corrected chi connectivity index (χ3v) is 8.84. The van der Waals surface area contributed by atoms with Crippen LogP contribution in [0, 0.1) is 0 Å². The summed E-state index contributed by atoms with van der Waals surface area (Å²) in [6.45, 7) is 7.01. The Morgan fingerprint density at radius 3 is 2.41 bits per heavy atom.